The Labute approximate surface area is 147 Å². The molecule has 3 unspecified atom stereocenters. The second-order valence-corrected chi connectivity index (χ2v) is 10.3. The van der Waals surface area contributed by atoms with Crippen molar-refractivity contribution >= 4 is 15.8 Å². The number of rotatable bonds is 5. The molecule has 2 aliphatic rings. The maximum atomic E-state index is 11.6. The van der Waals surface area contributed by atoms with Crippen molar-refractivity contribution < 1.29 is 8.42 Å². The van der Waals surface area contributed by atoms with Gasteiger partial charge in [-0.1, -0.05) is 6.92 Å². The third kappa shape index (κ3) is 5.62. The molecule has 2 N–H and O–H groups in total. The van der Waals surface area contributed by atoms with Crippen molar-refractivity contribution in [1.82, 2.24) is 15.5 Å². The minimum absolute atomic E-state index is 0.161. The average Bonchev–Trinajstić information content (AvgIpc) is 2.99. The molecule has 2 rings (SSSR count). The fourth-order valence-corrected chi connectivity index (χ4v) is 5.28. The van der Waals surface area contributed by atoms with Crippen molar-refractivity contribution in [2.75, 3.05) is 31.1 Å². The van der Waals surface area contributed by atoms with E-state index in [2.05, 4.69) is 50.2 Å². The lowest BCUT2D eigenvalue weighted by Crippen LogP contribution is -2.49. The van der Waals surface area contributed by atoms with Crippen LogP contribution in [0.2, 0.25) is 0 Å². The van der Waals surface area contributed by atoms with Crippen LogP contribution in [0.4, 0.5) is 0 Å². The van der Waals surface area contributed by atoms with Crippen LogP contribution in [0.3, 0.4) is 0 Å². The van der Waals surface area contributed by atoms with E-state index in [1.54, 1.807) is 0 Å². The largest absolute Gasteiger partial charge is 0.354 e. The Morgan fingerprint density at radius 2 is 1.96 bits per heavy atom. The van der Waals surface area contributed by atoms with E-state index in [0.717, 1.165) is 25.5 Å². The number of likely N-dealkylation sites (tertiary alicyclic amines) is 1. The van der Waals surface area contributed by atoms with Gasteiger partial charge in [0, 0.05) is 37.8 Å². The highest BCUT2D eigenvalue weighted by molar-refractivity contribution is 7.91. The average molecular weight is 359 g/mol. The molecular formula is C17H34N4O2S. The lowest BCUT2D eigenvalue weighted by atomic mass is 10.1. The summed E-state index contributed by atoms with van der Waals surface area (Å²) in [6, 6.07) is 1.23. The van der Waals surface area contributed by atoms with Crippen molar-refractivity contribution in [3.05, 3.63) is 0 Å². The Kier molecular flexibility index (Phi) is 6.53. The summed E-state index contributed by atoms with van der Waals surface area (Å²) in [7, 11) is -2.83. The van der Waals surface area contributed by atoms with Crippen LogP contribution in [0.15, 0.2) is 4.99 Å². The van der Waals surface area contributed by atoms with Crippen molar-refractivity contribution in [2.24, 2.45) is 16.8 Å². The van der Waals surface area contributed by atoms with Crippen LogP contribution in [-0.2, 0) is 9.84 Å². The van der Waals surface area contributed by atoms with Crippen molar-refractivity contribution in [3.8, 4) is 0 Å². The van der Waals surface area contributed by atoms with E-state index in [-0.39, 0.29) is 11.7 Å². The number of nitrogens with one attached hydrogen (secondary N) is 2. The summed E-state index contributed by atoms with van der Waals surface area (Å²) in [5, 5.41) is 6.96. The molecule has 2 fully saturated rings. The van der Waals surface area contributed by atoms with Gasteiger partial charge in [-0.05, 0) is 46.0 Å². The first kappa shape index (κ1) is 19.5. The monoisotopic (exact) mass is 358 g/mol. The molecule has 0 bridgehead atoms. The predicted octanol–water partition coefficient (Wildman–Crippen LogP) is 1.09. The Morgan fingerprint density at radius 3 is 2.46 bits per heavy atom. The fraction of sp³-hybridized carbons (Fsp3) is 0.941. The van der Waals surface area contributed by atoms with E-state index in [4.69, 9.17) is 4.99 Å². The topological polar surface area (TPSA) is 73.8 Å². The maximum Gasteiger partial charge on any atom is 0.191 e. The summed E-state index contributed by atoms with van der Waals surface area (Å²) < 4.78 is 23.2. The quantitative estimate of drug-likeness (QED) is 0.569. The van der Waals surface area contributed by atoms with Gasteiger partial charge in [-0.25, -0.2) is 8.42 Å². The Bertz CT molecular complexity index is 545. The van der Waals surface area contributed by atoms with Gasteiger partial charge in [0.05, 0.1) is 11.5 Å². The normalized spacial score (nSPS) is 31.1. The van der Waals surface area contributed by atoms with Crippen LogP contribution in [0.5, 0.6) is 0 Å². The summed E-state index contributed by atoms with van der Waals surface area (Å²) in [6.45, 7) is 13.6. The van der Waals surface area contributed by atoms with Gasteiger partial charge in [0.1, 0.15) is 0 Å². The standard InChI is InChI=1S/C17H34N4O2S/c1-12(2)19-17(18-8-15-6-7-24(22,23)11-15)20-16-10-21(13(3)4)9-14(16)5/h12-16H,6-11H2,1-5H3,(H2,18,19,20). The van der Waals surface area contributed by atoms with Gasteiger partial charge in [0.15, 0.2) is 15.8 Å². The molecule has 0 aromatic carbocycles. The van der Waals surface area contributed by atoms with Crippen LogP contribution in [-0.4, -0.2) is 68.5 Å². The Balaban J connectivity index is 1.96. The molecule has 0 aromatic heterocycles. The van der Waals surface area contributed by atoms with E-state index >= 15 is 0 Å². The van der Waals surface area contributed by atoms with Crippen LogP contribution in [0.25, 0.3) is 0 Å². The van der Waals surface area contributed by atoms with Crippen LogP contribution in [0, 0.1) is 11.8 Å². The zero-order chi connectivity index (χ0) is 17.9. The predicted molar refractivity (Wildman–Crippen MR) is 100 cm³/mol. The summed E-state index contributed by atoms with van der Waals surface area (Å²) in [6.07, 6.45) is 0.738. The molecule has 3 atom stereocenters. The second kappa shape index (κ2) is 8.04. The van der Waals surface area contributed by atoms with E-state index in [9.17, 15) is 8.42 Å². The first-order chi connectivity index (χ1) is 11.2. The molecule has 140 valence electrons. The molecule has 2 aliphatic heterocycles. The summed E-state index contributed by atoms with van der Waals surface area (Å²) in [4.78, 5) is 7.18. The molecule has 7 heteroatoms. The van der Waals surface area contributed by atoms with Crippen LogP contribution >= 0.6 is 0 Å². The van der Waals surface area contributed by atoms with Gasteiger partial charge in [-0.15, -0.1) is 0 Å². The number of guanidine groups is 1. The summed E-state index contributed by atoms with van der Waals surface area (Å²) in [5.41, 5.74) is 0. The molecule has 6 nitrogen and oxygen atoms in total. The molecule has 2 saturated heterocycles. The Morgan fingerprint density at radius 1 is 1.25 bits per heavy atom. The summed E-state index contributed by atoms with van der Waals surface area (Å²) in [5.74, 6) is 2.15. The maximum absolute atomic E-state index is 11.6. The van der Waals surface area contributed by atoms with E-state index in [0.29, 0.717) is 36.3 Å². The number of aliphatic imine (C=N–C) groups is 1. The van der Waals surface area contributed by atoms with Gasteiger partial charge in [-0.3, -0.25) is 9.89 Å². The molecular weight excluding hydrogens is 324 g/mol. The third-order valence-corrected chi connectivity index (χ3v) is 6.79. The minimum Gasteiger partial charge on any atom is -0.354 e. The van der Waals surface area contributed by atoms with E-state index in [1.165, 1.54) is 0 Å². The number of sulfone groups is 1. The van der Waals surface area contributed by atoms with Gasteiger partial charge in [0.25, 0.3) is 0 Å². The molecule has 0 aliphatic carbocycles. The highest BCUT2D eigenvalue weighted by Crippen LogP contribution is 2.20. The first-order valence-corrected chi connectivity index (χ1v) is 11.0. The molecule has 0 aromatic rings. The molecule has 0 amide bonds. The Hall–Kier alpha value is -0.820. The van der Waals surface area contributed by atoms with E-state index in [1.807, 2.05) is 0 Å². The van der Waals surface area contributed by atoms with Gasteiger partial charge in [-0.2, -0.15) is 0 Å². The molecule has 0 saturated carbocycles. The molecule has 2 heterocycles. The molecule has 0 radical (unpaired) electrons. The van der Waals surface area contributed by atoms with Gasteiger partial charge in [0.2, 0.25) is 0 Å². The number of nitrogens with zero attached hydrogens (tertiary/aromatic N) is 2. The third-order valence-electron chi connectivity index (χ3n) is 4.95. The number of hydrogen-bond donors (Lipinski definition) is 2. The zero-order valence-corrected chi connectivity index (χ0v) is 16.6. The lowest BCUT2D eigenvalue weighted by molar-refractivity contribution is 0.265. The van der Waals surface area contributed by atoms with Crippen molar-refractivity contribution in [2.45, 2.75) is 59.2 Å². The molecule has 0 spiro atoms. The van der Waals surface area contributed by atoms with E-state index < -0.39 is 9.84 Å². The number of hydrogen-bond acceptors (Lipinski definition) is 4. The highest BCUT2D eigenvalue weighted by atomic mass is 32.2. The fourth-order valence-electron chi connectivity index (χ4n) is 3.43. The van der Waals surface area contributed by atoms with Gasteiger partial charge < -0.3 is 10.6 Å². The van der Waals surface area contributed by atoms with Crippen LogP contribution < -0.4 is 10.6 Å². The highest BCUT2D eigenvalue weighted by Gasteiger charge is 2.32. The smallest absolute Gasteiger partial charge is 0.191 e. The van der Waals surface area contributed by atoms with Crippen molar-refractivity contribution in [3.63, 3.8) is 0 Å². The minimum atomic E-state index is -2.83. The lowest BCUT2D eigenvalue weighted by Gasteiger charge is -2.23. The summed E-state index contributed by atoms with van der Waals surface area (Å²) >= 11 is 0. The van der Waals surface area contributed by atoms with Gasteiger partial charge >= 0.3 is 0 Å². The second-order valence-electron chi connectivity index (χ2n) is 8.03. The first-order valence-electron chi connectivity index (χ1n) is 9.18. The van der Waals surface area contributed by atoms with Crippen LogP contribution in [0.1, 0.15) is 41.0 Å². The molecule has 24 heavy (non-hydrogen) atoms. The van der Waals surface area contributed by atoms with Crippen molar-refractivity contribution in [1.29, 1.82) is 0 Å². The SMILES string of the molecule is CC(C)NC(=NCC1CCS(=O)(=O)C1)NC1CN(C(C)C)CC1C. The zero-order valence-electron chi connectivity index (χ0n) is 15.7.